The minimum Gasteiger partial charge on any atom is -0.467 e. The first-order valence-electron chi connectivity index (χ1n) is 13.9. The molecule has 0 spiro atoms. The Balaban J connectivity index is 2.15. The summed E-state index contributed by atoms with van der Waals surface area (Å²) in [5, 5.41) is 16.1. The van der Waals surface area contributed by atoms with Crippen molar-refractivity contribution in [2.75, 3.05) is 26.7 Å². The molecule has 7 N–H and O–H groups in total. The van der Waals surface area contributed by atoms with Crippen molar-refractivity contribution in [3.63, 3.8) is 0 Å². The molecule has 0 radical (unpaired) electrons. The van der Waals surface area contributed by atoms with Crippen molar-refractivity contribution in [3.8, 4) is 0 Å². The maximum Gasteiger partial charge on any atom is 0.336 e. The van der Waals surface area contributed by atoms with Crippen LogP contribution in [-0.4, -0.2) is 84.7 Å². The van der Waals surface area contributed by atoms with Crippen LogP contribution in [0.15, 0.2) is 30.3 Å². The van der Waals surface area contributed by atoms with Gasteiger partial charge in [-0.25, -0.2) is 4.79 Å². The van der Waals surface area contributed by atoms with E-state index >= 15 is 0 Å². The van der Waals surface area contributed by atoms with Gasteiger partial charge in [0.1, 0.15) is 12.1 Å². The maximum absolute atomic E-state index is 13.7. The lowest BCUT2D eigenvalue weighted by atomic mass is 10.0. The normalized spacial score (nSPS) is 17.2. The molecule has 1 unspecified atom stereocenters. The quantitative estimate of drug-likeness (QED) is 0.137. The van der Waals surface area contributed by atoms with Crippen molar-refractivity contribution < 1.29 is 29.0 Å². The summed E-state index contributed by atoms with van der Waals surface area (Å²) in [6, 6.07) is 6.92. The Labute approximate surface area is 231 Å². The number of rotatable bonds is 17. The fourth-order valence-corrected chi connectivity index (χ4v) is 4.81. The van der Waals surface area contributed by atoms with Crippen LogP contribution in [0.5, 0.6) is 0 Å². The number of amides is 3. The predicted molar refractivity (Wildman–Crippen MR) is 147 cm³/mol. The van der Waals surface area contributed by atoms with Crippen LogP contribution in [0.4, 0.5) is 0 Å². The first-order valence-corrected chi connectivity index (χ1v) is 13.9. The highest BCUT2D eigenvalue weighted by Gasteiger charge is 2.39. The Hall–Kier alpha value is -3.02. The largest absolute Gasteiger partial charge is 0.467 e. The molecule has 0 bridgehead atoms. The first kappa shape index (κ1) is 32.2. The average Bonchev–Trinajstić information content (AvgIpc) is 3.44. The number of carbonyl (C=O) groups is 4. The summed E-state index contributed by atoms with van der Waals surface area (Å²) >= 11 is 0. The lowest BCUT2D eigenvalue weighted by molar-refractivity contribution is -0.153. The summed E-state index contributed by atoms with van der Waals surface area (Å²) in [6.07, 6.45) is 4.04. The molecule has 218 valence electrons. The second kappa shape index (κ2) is 17.5. The average molecular weight is 548 g/mol. The van der Waals surface area contributed by atoms with Crippen LogP contribution in [0.3, 0.4) is 0 Å². The fraction of sp³-hybridized carbons (Fsp3) is 0.643. The molecule has 1 saturated heterocycles. The molecule has 11 nitrogen and oxygen atoms in total. The van der Waals surface area contributed by atoms with Gasteiger partial charge in [0.2, 0.25) is 17.7 Å². The second-order valence-corrected chi connectivity index (χ2v) is 9.97. The van der Waals surface area contributed by atoms with Crippen molar-refractivity contribution in [2.24, 2.45) is 11.5 Å². The monoisotopic (exact) mass is 547 g/mol. The molecule has 1 aromatic carbocycles. The number of nitrogens with two attached hydrogens (primary N) is 2. The van der Waals surface area contributed by atoms with Gasteiger partial charge in [-0.05, 0) is 57.2 Å². The van der Waals surface area contributed by atoms with Crippen LogP contribution in [0.25, 0.3) is 0 Å². The highest BCUT2D eigenvalue weighted by atomic mass is 16.5. The molecule has 1 heterocycles. The predicted octanol–water partition coefficient (Wildman–Crippen LogP) is 0.372. The second-order valence-electron chi connectivity index (χ2n) is 9.97. The van der Waals surface area contributed by atoms with Gasteiger partial charge in [-0.2, -0.15) is 0 Å². The topological polar surface area (TPSA) is 177 Å². The fourth-order valence-electron chi connectivity index (χ4n) is 4.81. The van der Waals surface area contributed by atoms with E-state index < -0.39 is 36.1 Å². The SMILES string of the molecule is COC(=O)C(O)[C@H](CCCCN)NC(=O)[C@@H]1CCCN1C(=O)[C@@H](Cc1ccccc1)NC(=O)CCCCCN. The van der Waals surface area contributed by atoms with E-state index in [1.165, 1.54) is 12.0 Å². The number of benzene rings is 1. The lowest BCUT2D eigenvalue weighted by Gasteiger charge is -2.31. The molecule has 0 aliphatic carbocycles. The van der Waals surface area contributed by atoms with Crippen LogP contribution in [0.1, 0.15) is 63.4 Å². The zero-order valence-corrected chi connectivity index (χ0v) is 23.0. The van der Waals surface area contributed by atoms with Gasteiger partial charge in [0.15, 0.2) is 6.10 Å². The number of nitrogens with one attached hydrogen (secondary N) is 2. The molecular formula is C28H45N5O6. The number of hydrogen-bond acceptors (Lipinski definition) is 8. The molecule has 39 heavy (non-hydrogen) atoms. The summed E-state index contributed by atoms with van der Waals surface area (Å²) in [4.78, 5) is 53.3. The molecule has 1 aromatic rings. The van der Waals surface area contributed by atoms with Gasteiger partial charge in [0.25, 0.3) is 0 Å². The maximum atomic E-state index is 13.7. The Kier molecular flexibility index (Phi) is 14.5. The van der Waals surface area contributed by atoms with Gasteiger partial charge in [-0.3, -0.25) is 14.4 Å². The molecule has 1 aliphatic heterocycles. The number of likely N-dealkylation sites (tertiary alicyclic amines) is 1. The highest BCUT2D eigenvalue weighted by Crippen LogP contribution is 2.21. The van der Waals surface area contributed by atoms with Crippen molar-refractivity contribution in [2.45, 2.75) is 88.4 Å². The van der Waals surface area contributed by atoms with Gasteiger partial charge in [0, 0.05) is 19.4 Å². The Morgan fingerprint density at radius 2 is 1.72 bits per heavy atom. The zero-order chi connectivity index (χ0) is 28.6. The number of esters is 1. The van der Waals surface area contributed by atoms with E-state index in [9.17, 15) is 24.3 Å². The number of carbonyl (C=O) groups excluding carboxylic acids is 4. The molecule has 11 heteroatoms. The van der Waals surface area contributed by atoms with E-state index in [0.29, 0.717) is 71.0 Å². The summed E-state index contributed by atoms with van der Waals surface area (Å²) in [7, 11) is 1.17. The van der Waals surface area contributed by atoms with E-state index in [1.54, 1.807) is 0 Å². The van der Waals surface area contributed by atoms with E-state index in [0.717, 1.165) is 18.4 Å². The third-order valence-electron chi connectivity index (χ3n) is 6.98. The molecule has 1 aliphatic rings. The minimum absolute atomic E-state index is 0.220. The molecular weight excluding hydrogens is 502 g/mol. The van der Waals surface area contributed by atoms with Crippen molar-refractivity contribution in [1.82, 2.24) is 15.5 Å². The van der Waals surface area contributed by atoms with Gasteiger partial charge in [0.05, 0.1) is 13.2 Å². The Morgan fingerprint density at radius 1 is 1.03 bits per heavy atom. The summed E-state index contributed by atoms with van der Waals surface area (Å²) in [6.45, 7) is 1.38. The number of nitrogens with zero attached hydrogens (tertiary/aromatic N) is 1. The molecule has 0 saturated carbocycles. The summed E-state index contributed by atoms with van der Waals surface area (Å²) < 4.78 is 4.66. The molecule has 0 aromatic heterocycles. The van der Waals surface area contributed by atoms with E-state index in [-0.39, 0.29) is 11.8 Å². The van der Waals surface area contributed by atoms with Crippen molar-refractivity contribution in [1.29, 1.82) is 0 Å². The van der Waals surface area contributed by atoms with Gasteiger partial charge < -0.3 is 36.8 Å². The van der Waals surface area contributed by atoms with Crippen LogP contribution in [0, 0.1) is 0 Å². The zero-order valence-electron chi connectivity index (χ0n) is 23.0. The van der Waals surface area contributed by atoms with Gasteiger partial charge in [-0.1, -0.05) is 43.2 Å². The number of hydrogen-bond donors (Lipinski definition) is 5. The van der Waals surface area contributed by atoms with Gasteiger partial charge in [-0.15, -0.1) is 0 Å². The van der Waals surface area contributed by atoms with Crippen LogP contribution >= 0.6 is 0 Å². The standard InChI is InChI=1S/C28H45N5O6/c1-39-28(38)25(35)21(13-7-9-17-30)32-26(36)23-14-10-18-33(23)27(37)22(19-20-11-4-2-5-12-20)31-24(34)15-6-3-8-16-29/h2,4-5,11-12,21-23,25,35H,3,6-10,13-19,29-30H2,1H3,(H,31,34)(H,32,36)/t21-,22+,23-,25?/m0/s1. The third kappa shape index (κ3) is 10.6. The number of aliphatic hydroxyl groups is 1. The molecule has 3 amide bonds. The Bertz CT molecular complexity index is 915. The Morgan fingerprint density at radius 3 is 2.38 bits per heavy atom. The smallest absolute Gasteiger partial charge is 0.336 e. The minimum atomic E-state index is -1.54. The summed E-state index contributed by atoms with van der Waals surface area (Å²) in [5.41, 5.74) is 12.0. The molecule has 4 atom stereocenters. The number of aliphatic hydroxyl groups excluding tert-OH is 1. The molecule has 2 rings (SSSR count). The third-order valence-corrected chi connectivity index (χ3v) is 6.98. The van der Waals surface area contributed by atoms with E-state index in [1.807, 2.05) is 30.3 Å². The van der Waals surface area contributed by atoms with Crippen LogP contribution < -0.4 is 22.1 Å². The van der Waals surface area contributed by atoms with Gasteiger partial charge >= 0.3 is 5.97 Å². The van der Waals surface area contributed by atoms with Crippen LogP contribution in [0.2, 0.25) is 0 Å². The van der Waals surface area contributed by atoms with E-state index in [2.05, 4.69) is 15.4 Å². The van der Waals surface area contributed by atoms with E-state index in [4.69, 9.17) is 11.5 Å². The summed E-state index contributed by atoms with van der Waals surface area (Å²) in [5.74, 6) is -1.85. The number of methoxy groups -OCH3 is 1. The molecule has 1 fully saturated rings. The number of unbranched alkanes of at least 4 members (excludes halogenated alkanes) is 3. The van der Waals surface area contributed by atoms with Crippen LogP contribution in [-0.2, 0) is 30.3 Å². The van der Waals surface area contributed by atoms with Crippen molar-refractivity contribution >= 4 is 23.7 Å². The number of ether oxygens (including phenoxy) is 1. The first-order chi connectivity index (χ1) is 18.8. The lowest BCUT2D eigenvalue weighted by Crippen LogP contribution is -2.56. The highest BCUT2D eigenvalue weighted by molar-refractivity contribution is 5.93. The van der Waals surface area contributed by atoms with Crippen molar-refractivity contribution in [3.05, 3.63) is 35.9 Å².